The van der Waals surface area contributed by atoms with Gasteiger partial charge in [-0.15, -0.1) is 0 Å². The van der Waals surface area contributed by atoms with Gasteiger partial charge in [0.2, 0.25) is 0 Å². The van der Waals surface area contributed by atoms with Crippen molar-refractivity contribution in [3.8, 4) is 0 Å². The molecule has 0 aliphatic heterocycles. The molecule has 0 saturated carbocycles. The molecule has 0 saturated heterocycles. The fourth-order valence-corrected chi connectivity index (χ4v) is 4.10. The second kappa shape index (κ2) is 22.3. The lowest BCUT2D eigenvalue weighted by Crippen LogP contribution is -2.52. The monoisotopic (exact) mass is 409 g/mol. The maximum atomic E-state index is 3.65. The number of quaternary nitrogens is 1. The summed E-state index contributed by atoms with van der Waals surface area (Å²) in [6.45, 7) is 6.94. The first kappa shape index (κ1) is 28.7. The van der Waals surface area contributed by atoms with Crippen LogP contribution in [0.1, 0.15) is 136 Å². The first-order valence-electron chi connectivity index (χ1n) is 13.4. The molecule has 1 N–H and O–H groups in total. The van der Waals surface area contributed by atoms with Gasteiger partial charge in [0, 0.05) is 6.54 Å². The molecule has 0 aliphatic rings. The minimum Gasteiger partial charge on any atom is -0.251 e. The number of rotatable bonds is 23. The molecule has 0 fully saturated rings. The molecule has 0 aromatic heterocycles. The molecule has 0 aliphatic carbocycles. The minimum absolute atomic E-state index is 0.964. The van der Waals surface area contributed by atoms with Crippen molar-refractivity contribution in [3.63, 3.8) is 0 Å². The SMILES string of the molecule is CCCCCCCC/C=C\CCCCCCCCCCCCN[N+](C)(C)CCC. The van der Waals surface area contributed by atoms with Crippen molar-refractivity contribution < 1.29 is 4.59 Å². The Morgan fingerprint density at radius 1 is 0.517 bits per heavy atom. The average Bonchev–Trinajstić information content (AvgIpc) is 2.69. The summed E-state index contributed by atoms with van der Waals surface area (Å²) in [7, 11) is 4.55. The van der Waals surface area contributed by atoms with Crippen molar-refractivity contribution >= 4 is 0 Å². The summed E-state index contributed by atoms with van der Waals surface area (Å²) < 4.78 is 0.964. The van der Waals surface area contributed by atoms with Crippen molar-refractivity contribution in [2.75, 3.05) is 27.2 Å². The summed E-state index contributed by atoms with van der Waals surface area (Å²) >= 11 is 0. The number of hydrogen-bond donors (Lipinski definition) is 1. The second-order valence-corrected chi connectivity index (χ2v) is 9.67. The van der Waals surface area contributed by atoms with E-state index in [0.29, 0.717) is 0 Å². The topological polar surface area (TPSA) is 12.0 Å². The normalized spacial score (nSPS) is 12.3. The van der Waals surface area contributed by atoms with Gasteiger partial charge in [-0.1, -0.05) is 109 Å². The first-order valence-corrected chi connectivity index (χ1v) is 13.4. The van der Waals surface area contributed by atoms with Gasteiger partial charge in [0.15, 0.2) is 0 Å². The highest BCUT2D eigenvalue weighted by Gasteiger charge is 2.11. The largest absolute Gasteiger partial charge is 0.251 e. The van der Waals surface area contributed by atoms with Gasteiger partial charge >= 0.3 is 0 Å². The van der Waals surface area contributed by atoms with Crippen molar-refractivity contribution in [1.82, 2.24) is 5.43 Å². The summed E-state index contributed by atoms with van der Waals surface area (Å²) in [5.74, 6) is 0. The van der Waals surface area contributed by atoms with Crippen LogP contribution in [0.25, 0.3) is 0 Å². The summed E-state index contributed by atoms with van der Waals surface area (Å²) in [6.07, 6.45) is 31.4. The van der Waals surface area contributed by atoms with Gasteiger partial charge in [-0.3, -0.25) is 4.59 Å². The Kier molecular flexibility index (Phi) is 22.1. The lowest BCUT2D eigenvalue weighted by Gasteiger charge is -2.29. The lowest BCUT2D eigenvalue weighted by molar-refractivity contribution is -0.934. The van der Waals surface area contributed by atoms with Crippen molar-refractivity contribution in [2.24, 2.45) is 0 Å². The van der Waals surface area contributed by atoms with E-state index in [0.717, 1.165) is 4.59 Å². The standard InChI is InChI=1S/C27H57N2/c1-5-7-8-9-10-11-12-13-14-15-16-17-18-19-20-21-22-23-24-25-26-28-29(3,4)27-6-2/h13-14,28H,5-12,15-27H2,1-4H3/q+1/b14-13-. The lowest BCUT2D eigenvalue weighted by atomic mass is 10.1. The van der Waals surface area contributed by atoms with Crippen molar-refractivity contribution in [3.05, 3.63) is 12.2 Å². The zero-order chi connectivity index (χ0) is 21.5. The van der Waals surface area contributed by atoms with Crippen LogP contribution in [-0.4, -0.2) is 31.8 Å². The van der Waals surface area contributed by atoms with E-state index in [-0.39, 0.29) is 0 Å². The van der Waals surface area contributed by atoms with Gasteiger partial charge in [0.1, 0.15) is 0 Å². The van der Waals surface area contributed by atoms with E-state index in [4.69, 9.17) is 0 Å². The van der Waals surface area contributed by atoms with E-state index in [1.54, 1.807) is 0 Å². The third kappa shape index (κ3) is 23.8. The molecular formula is C27H57N2+. The Hall–Kier alpha value is -0.340. The van der Waals surface area contributed by atoms with Crippen LogP contribution < -0.4 is 5.43 Å². The molecule has 2 heteroatoms. The Morgan fingerprint density at radius 3 is 1.38 bits per heavy atom. The van der Waals surface area contributed by atoms with Gasteiger partial charge < -0.3 is 0 Å². The van der Waals surface area contributed by atoms with Gasteiger partial charge in [0.25, 0.3) is 0 Å². The average molecular weight is 410 g/mol. The Bertz CT molecular complexity index is 335. The molecule has 0 radical (unpaired) electrons. The maximum absolute atomic E-state index is 3.65. The summed E-state index contributed by atoms with van der Waals surface area (Å²) in [6, 6.07) is 0. The molecule has 0 atom stereocenters. The number of allylic oxidation sites excluding steroid dienone is 2. The van der Waals surface area contributed by atoms with E-state index >= 15 is 0 Å². The minimum atomic E-state index is 0.964. The van der Waals surface area contributed by atoms with Crippen LogP contribution in [0.2, 0.25) is 0 Å². The molecule has 174 valence electrons. The molecule has 2 nitrogen and oxygen atoms in total. The number of unbranched alkanes of at least 4 members (excludes halogenated alkanes) is 16. The number of hydrogen-bond acceptors (Lipinski definition) is 1. The van der Waals surface area contributed by atoms with Crippen LogP contribution in [-0.2, 0) is 0 Å². The van der Waals surface area contributed by atoms with Crippen LogP contribution >= 0.6 is 0 Å². The zero-order valence-corrected chi connectivity index (χ0v) is 21.0. The van der Waals surface area contributed by atoms with Crippen LogP contribution in [0, 0.1) is 0 Å². The van der Waals surface area contributed by atoms with E-state index in [9.17, 15) is 0 Å². The molecule has 0 unspecified atom stereocenters. The van der Waals surface area contributed by atoms with Gasteiger partial charge in [-0.05, 0) is 38.5 Å². The van der Waals surface area contributed by atoms with Gasteiger partial charge in [-0.2, -0.15) is 5.43 Å². The van der Waals surface area contributed by atoms with E-state index in [1.165, 1.54) is 135 Å². The molecular weight excluding hydrogens is 352 g/mol. The molecule has 29 heavy (non-hydrogen) atoms. The predicted molar refractivity (Wildman–Crippen MR) is 133 cm³/mol. The summed E-state index contributed by atoms with van der Waals surface area (Å²) in [5.41, 5.74) is 3.65. The number of nitrogens with one attached hydrogen (secondary N) is 1. The van der Waals surface area contributed by atoms with Crippen LogP contribution in [0.5, 0.6) is 0 Å². The second-order valence-electron chi connectivity index (χ2n) is 9.67. The fourth-order valence-electron chi connectivity index (χ4n) is 4.10. The van der Waals surface area contributed by atoms with Crippen molar-refractivity contribution in [1.29, 1.82) is 0 Å². The van der Waals surface area contributed by atoms with Crippen LogP contribution in [0.3, 0.4) is 0 Å². The Labute approximate surface area is 185 Å². The molecule has 0 aromatic carbocycles. The molecule has 0 bridgehead atoms. The van der Waals surface area contributed by atoms with E-state index in [1.807, 2.05) is 0 Å². The maximum Gasteiger partial charge on any atom is 0.0955 e. The highest BCUT2D eigenvalue weighted by molar-refractivity contribution is 4.81. The number of nitrogens with zero attached hydrogens (tertiary/aromatic N) is 1. The predicted octanol–water partition coefficient (Wildman–Crippen LogP) is 8.58. The van der Waals surface area contributed by atoms with Crippen LogP contribution in [0.15, 0.2) is 12.2 Å². The van der Waals surface area contributed by atoms with Crippen molar-refractivity contribution in [2.45, 2.75) is 136 Å². The Balaban J connectivity index is 3.16. The zero-order valence-electron chi connectivity index (χ0n) is 21.0. The van der Waals surface area contributed by atoms with E-state index in [2.05, 4.69) is 45.5 Å². The highest BCUT2D eigenvalue weighted by atomic mass is 15.6. The van der Waals surface area contributed by atoms with Gasteiger partial charge in [-0.25, -0.2) is 0 Å². The fraction of sp³-hybridized carbons (Fsp3) is 0.926. The smallest absolute Gasteiger partial charge is 0.0955 e. The first-order chi connectivity index (χ1) is 14.1. The van der Waals surface area contributed by atoms with Gasteiger partial charge in [0.05, 0.1) is 20.6 Å². The summed E-state index contributed by atoms with van der Waals surface area (Å²) in [4.78, 5) is 0. The third-order valence-corrected chi connectivity index (χ3v) is 6.01. The molecule has 0 aromatic rings. The van der Waals surface area contributed by atoms with E-state index < -0.39 is 0 Å². The molecule has 0 heterocycles. The Morgan fingerprint density at radius 2 is 0.931 bits per heavy atom. The quantitative estimate of drug-likeness (QED) is 0.0771. The third-order valence-electron chi connectivity index (χ3n) is 6.01. The molecule has 0 rings (SSSR count). The van der Waals surface area contributed by atoms with Crippen LogP contribution in [0.4, 0.5) is 0 Å². The summed E-state index contributed by atoms with van der Waals surface area (Å²) in [5, 5.41) is 0. The molecule has 0 spiro atoms. The highest BCUT2D eigenvalue weighted by Crippen LogP contribution is 2.12. The molecule has 0 amide bonds.